The Morgan fingerprint density at radius 1 is 1.05 bits per heavy atom. The number of aliphatic hydroxyl groups is 1. The summed E-state index contributed by atoms with van der Waals surface area (Å²) < 4.78 is 6.17. The molecule has 0 saturated heterocycles. The van der Waals surface area contributed by atoms with Gasteiger partial charge < -0.3 is 15.2 Å². The number of nitrogens with one attached hydrogen (secondary N) is 1. The Morgan fingerprint density at radius 2 is 1.77 bits per heavy atom. The van der Waals surface area contributed by atoms with Gasteiger partial charge in [0.05, 0.1) is 0 Å². The summed E-state index contributed by atoms with van der Waals surface area (Å²) in [6, 6.07) is 18.5. The Kier molecular flexibility index (Phi) is 6.94. The summed E-state index contributed by atoms with van der Waals surface area (Å²) in [4.78, 5) is 0. The SMILES string of the molecule is CNCCC(Oc1ccc(CCCO)cc1)c1ccccc1. The molecule has 2 rings (SSSR count). The average Bonchev–Trinajstić information content (AvgIpc) is 2.58. The lowest BCUT2D eigenvalue weighted by atomic mass is 10.1. The van der Waals surface area contributed by atoms with Gasteiger partial charge in [-0.15, -0.1) is 0 Å². The van der Waals surface area contributed by atoms with Crippen LogP contribution in [0.1, 0.15) is 30.1 Å². The third kappa shape index (κ3) is 5.17. The zero-order valence-corrected chi connectivity index (χ0v) is 13.2. The molecule has 0 spiro atoms. The summed E-state index contributed by atoms with van der Waals surface area (Å²) in [5.74, 6) is 0.887. The summed E-state index contributed by atoms with van der Waals surface area (Å²) in [5, 5.41) is 12.1. The van der Waals surface area contributed by atoms with E-state index in [-0.39, 0.29) is 12.7 Å². The maximum atomic E-state index is 8.88. The lowest BCUT2D eigenvalue weighted by Crippen LogP contribution is -2.16. The highest BCUT2D eigenvalue weighted by Gasteiger charge is 2.12. The molecule has 118 valence electrons. The third-order valence-corrected chi connectivity index (χ3v) is 3.65. The number of hydrogen-bond acceptors (Lipinski definition) is 3. The van der Waals surface area contributed by atoms with Gasteiger partial charge in [-0.3, -0.25) is 0 Å². The Balaban J connectivity index is 2.03. The minimum atomic E-state index is 0.0527. The van der Waals surface area contributed by atoms with Crippen molar-refractivity contribution in [3.63, 3.8) is 0 Å². The molecule has 1 atom stereocenters. The lowest BCUT2D eigenvalue weighted by Gasteiger charge is -2.20. The van der Waals surface area contributed by atoms with E-state index in [1.807, 2.05) is 37.4 Å². The van der Waals surface area contributed by atoms with Gasteiger partial charge in [0, 0.05) is 13.0 Å². The predicted molar refractivity (Wildman–Crippen MR) is 90.2 cm³/mol. The number of ether oxygens (including phenoxy) is 1. The highest BCUT2D eigenvalue weighted by Crippen LogP contribution is 2.25. The molecule has 0 saturated carbocycles. The van der Waals surface area contributed by atoms with Crippen LogP contribution in [0.15, 0.2) is 54.6 Å². The van der Waals surface area contributed by atoms with Crippen molar-refractivity contribution in [2.75, 3.05) is 20.2 Å². The van der Waals surface area contributed by atoms with Crippen molar-refractivity contribution in [1.82, 2.24) is 5.32 Å². The lowest BCUT2D eigenvalue weighted by molar-refractivity contribution is 0.195. The van der Waals surface area contributed by atoms with E-state index >= 15 is 0 Å². The molecule has 1 unspecified atom stereocenters. The van der Waals surface area contributed by atoms with E-state index in [1.165, 1.54) is 11.1 Å². The summed E-state index contributed by atoms with van der Waals surface area (Å²) in [6.45, 7) is 1.15. The van der Waals surface area contributed by atoms with Crippen LogP contribution in [0.3, 0.4) is 0 Å². The van der Waals surface area contributed by atoms with Crippen molar-refractivity contribution in [2.24, 2.45) is 0 Å². The fourth-order valence-corrected chi connectivity index (χ4v) is 2.42. The quantitative estimate of drug-likeness (QED) is 0.746. The van der Waals surface area contributed by atoms with E-state index in [2.05, 4.69) is 29.6 Å². The number of rotatable bonds is 9. The molecule has 0 radical (unpaired) electrons. The molecule has 2 aromatic rings. The molecule has 3 heteroatoms. The van der Waals surface area contributed by atoms with Gasteiger partial charge in [0.25, 0.3) is 0 Å². The first-order chi connectivity index (χ1) is 10.8. The second kappa shape index (κ2) is 9.23. The summed E-state index contributed by atoms with van der Waals surface area (Å²) in [6.07, 6.45) is 2.68. The molecule has 0 aliphatic carbocycles. The Labute approximate surface area is 133 Å². The van der Waals surface area contributed by atoms with Crippen LogP contribution in [0.5, 0.6) is 5.75 Å². The van der Waals surface area contributed by atoms with Crippen LogP contribution in [-0.4, -0.2) is 25.3 Å². The second-order valence-corrected chi connectivity index (χ2v) is 5.38. The molecule has 0 amide bonds. The molecule has 0 fully saturated rings. The molecule has 0 aromatic heterocycles. The van der Waals surface area contributed by atoms with E-state index in [1.54, 1.807) is 0 Å². The smallest absolute Gasteiger partial charge is 0.125 e. The molecule has 22 heavy (non-hydrogen) atoms. The summed E-state index contributed by atoms with van der Waals surface area (Å²) in [5.41, 5.74) is 2.43. The van der Waals surface area contributed by atoms with Crippen molar-refractivity contribution in [2.45, 2.75) is 25.4 Å². The first-order valence-electron chi connectivity index (χ1n) is 7.89. The minimum Gasteiger partial charge on any atom is -0.486 e. The fraction of sp³-hybridized carbons (Fsp3) is 0.368. The largest absolute Gasteiger partial charge is 0.486 e. The molecule has 0 heterocycles. The standard InChI is InChI=1S/C19H25NO2/c1-20-14-13-19(17-7-3-2-4-8-17)22-18-11-9-16(10-12-18)6-5-15-21/h2-4,7-12,19-21H,5-6,13-15H2,1H3. The van der Waals surface area contributed by atoms with Crippen LogP contribution in [0.25, 0.3) is 0 Å². The van der Waals surface area contributed by atoms with E-state index in [0.717, 1.165) is 31.6 Å². The predicted octanol–water partition coefficient (Wildman–Crippen LogP) is 3.34. The van der Waals surface area contributed by atoms with Gasteiger partial charge in [-0.2, -0.15) is 0 Å². The number of aryl methyl sites for hydroxylation is 1. The Morgan fingerprint density at radius 3 is 2.41 bits per heavy atom. The highest BCUT2D eigenvalue weighted by atomic mass is 16.5. The summed E-state index contributed by atoms with van der Waals surface area (Å²) >= 11 is 0. The van der Waals surface area contributed by atoms with Crippen molar-refractivity contribution >= 4 is 0 Å². The van der Waals surface area contributed by atoms with Crippen LogP contribution in [0.4, 0.5) is 0 Å². The van der Waals surface area contributed by atoms with Crippen molar-refractivity contribution in [3.05, 3.63) is 65.7 Å². The van der Waals surface area contributed by atoms with E-state index in [0.29, 0.717) is 0 Å². The second-order valence-electron chi connectivity index (χ2n) is 5.38. The molecule has 0 aliphatic heterocycles. The normalized spacial score (nSPS) is 12.1. The van der Waals surface area contributed by atoms with Gasteiger partial charge >= 0.3 is 0 Å². The molecule has 0 bridgehead atoms. The van der Waals surface area contributed by atoms with Crippen LogP contribution in [-0.2, 0) is 6.42 Å². The van der Waals surface area contributed by atoms with E-state index in [4.69, 9.17) is 9.84 Å². The maximum Gasteiger partial charge on any atom is 0.125 e. The molecule has 3 nitrogen and oxygen atoms in total. The first-order valence-corrected chi connectivity index (χ1v) is 7.89. The molecular formula is C19H25NO2. The van der Waals surface area contributed by atoms with Crippen LogP contribution < -0.4 is 10.1 Å². The van der Waals surface area contributed by atoms with E-state index < -0.39 is 0 Å². The van der Waals surface area contributed by atoms with Gasteiger partial charge in [-0.1, -0.05) is 42.5 Å². The van der Waals surface area contributed by atoms with Crippen LogP contribution in [0.2, 0.25) is 0 Å². The zero-order chi connectivity index (χ0) is 15.6. The highest BCUT2D eigenvalue weighted by molar-refractivity contribution is 5.29. The van der Waals surface area contributed by atoms with Gasteiger partial charge in [0.2, 0.25) is 0 Å². The van der Waals surface area contributed by atoms with Gasteiger partial charge in [0.1, 0.15) is 11.9 Å². The maximum absolute atomic E-state index is 8.88. The fourth-order valence-electron chi connectivity index (χ4n) is 2.42. The van der Waals surface area contributed by atoms with Gasteiger partial charge in [-0.05, 0) is 49.7 Å². The molecular weight excluding hydrogens is 274 g/mol. The summed E-state index contributed by atoms with van der Waals surface area (Å²) in [7, 11) is 1.96. The third-order valence-electron chi connectivity index (χ3n) is 3.65. The minimum absolute atomic E-state index is 0.0527. The van der Waals surface area contributed by atoms with E-state index in [9.17, 15) is 0 Å². The van der Waals surface area contributed by atoms with Crippen LogP contribution in [0, 0.1) is 0 Å². The van der Waals surface area contributed by atoms with Crippen molar-refractivity contribution in [1.29, 1.82) is 0 Å². The Hall–Kier alpha value is -1.84. The molecule has 2 N–H and O–H groups in total. The number of aliphatic hydroxyl groups excluding tert-OH is 1. The van der Waals surface area contributed by atoms with Crippen LogP contribution >= 0.6 is 0 Å². The van der Waals surface area contributed by atoms with Crippen molar-refractivity contribution < 1.29 is 9.84 Å². The monoisotopic (exact) mass is 299 g/mol. The first kappa shape index (κ1) is 16.5. The topological polar surface area (TPSA) is 41.5 Å². The molecule has 0 aliphatic rings. The Bertz CT molecular complexity index is 525. The van der Waals surface area contributed by atoms with Crippen molar-refractivity contribution in [3.8, 4) is 5.75 Å². The number of hydrogen-bond donors (Lipinski definition) is 2. The zero-order valence-electron chi connectivity index (χ0n) is 13.2. The average molecular weight is 299 g/mol. The number of benzene rings is 2. The van der Waals surface area contributed by atoms with Gasteiger partial charge in [-0.25, -0.2) is 0 Å². The van der Waals surface area contributed by atoms with Gasteiger partial charge in [0.15, 0.2) is 0 Å². The molecule has 2 aromatic carbocycles.